The van der Waals surface area contributed by atoms with Crippen LogP contribution in [0.3, 0.4) is 0 Å². The molecule has 0 aromatic heterocycles. The molecule has 0 fully saturated rings. The van der Waals surface area contributed by atoms with Gasteiger partial charge in [0.1, 0.15) is 12.5 Å². The third-order valence-electron chi connectivity index (χ3n) is 2.88. The van der Waals surface area contributed by atoms with E-state index in [4.69, 9.17) is 0 Å². The molecule has 0 spiro atoms. The number of aryl methyl sites for hydroxylation is 1. The average Bonchev–Trinajstić information content (AvgIpc) is 2.37. The van der Waals surface area contributed by atoms with E-state index in [0.29, 0.717) is 24.7 Å². The van der Waals surface area contributed by atoms with Gasteiger partial charge < -0.3 is 4.74 Å². The van der Waals surface area contributed by atoms with E-state index in [-0.39, 0.29) is 41.9 Å². The fraction of sp³-hybridized carbons (Fsp3) is 0.308. The van der Waals surface area contributed by atoms with Gasteiger partial charge in [0.15, 0.2) is 12.1 Å². The summed E-state index contributed by atoms with van der Waals surface area (Å²) in [7, 11) is 0. The van der Waals surface area contributed by atoms with Crippen LogP contribution in [-0.4, -0.2) is 54.2 Å². The molecule has 0 aliphatic heterocycles. The second kappa shape index (κ2) is 6.83. The Labute approximate surface area is 127 Å². The first-order chi connectivity index (χ1) is 8.24. The Morgan fingerprint density at radius 3 is 2.83 bits per heavy atom. The minimum absolute atomic E-state index is 0. The van der Waals surface area contributed by atoms with Crippen molar-refractivity contribution in [2.45, 2.75) is 12.8 Å². The molecule has 1 aliphatic carbocycles. The second-order valence-corrected chi connectivity index (χ2v) is 3.91. The van der Waals surface area contributed by atoms with Crippen LogP contribution < -0.4 is 0 Å². The van der Waals surface area contributed by atoms with Crippen molar-refractivity contribution < 1.29 is 19.1 Å². The zero-order chi connectivity index (χ0) is 12.3. The van der Waals surface area contributed by atoms with Crippen molar-refractivity contribution >= 4 is 47.6 Å². The van der Waals surface area contributed by atoms with Crippen LogP contribution in [0, 0.1) is 5.92 Å². The molecule has 0 N–H and O–H groups in total. The third-order valence-corrected chi connectivity index (χ3v) is 2.88. The predicted molar refractivity (Wildman–Crippen MR) is 66.8 cm³/mol. The number of ketones is 1. The zero-order valence-corrected chi connectivity index (χ0v) is 9.22. The Hall–Kier alpha value is -0.970. The van der Waals surface area contributed by atoms with Gasteiger partial charge in [-0.1, -0.05) is 24.3 Å². The molecule has 1 atom stereocenters. The first kappa shape index (κ1) is 15.1. The Balaban J connectivity index is 0.00000162. The van der Waals surface area contributed by atoms with Gasteiger partial charge in [-0.3, -0.25) is 14.4 Å². The van der Waals surface area contributed by atoms with Gasteiger partial charge in [0.05, 0.1) is 0 Å². The monoisotopic (exact) mass is 256 g/mol. The van der Waals surface area contributed by atoms with Gasteiger partial charge in [-0.15, -0.1) is 0 Å². The molecule has 4 nitrogen and oxygen atoms in total. The average molecular weight is 256 g/mol. The number of rotatable bonds is 3. The summed E-state index contributed by atoms with van der Waals surface area (Å²) in [4.78, 5) is 33.7. The molecule has 18 heavy (non-hydrogen) atoms. The van der Waals surface area contributed by atoms with E-state index in [1.54, 1.807) is 12.1 Å². The summed E-state index contributed by atoms with van der Waals surface area (Å²) in [5.41, 5.74) is 1.56. The van der Waals surface area contributed by atoms with E-state index in [1.807, 2.05) is 12.1 Å². The second-order valence-electron chi connectivity index (χ2n) is 3.91. The van der Waals surface area contributed by atoms with Gasteiger partial charge >= 0.3 is 35.5 Å². The minimum atomic E-state index is -0.759. The molecule has 5 heteroatoms. The maximum atomic E-state index is 12.0. The van der Waals surface area contributed by atoms with Crippen molar-refractivity contribution in [3.05, 3.63) is 35.4 Å². The molecule has 1 aromatic carbocycles. The van der Waals surface area contributed by atoms with E-state index in [0.717, 1.165) is 5.56 Å². The van der Waals surface area contributed by atoms with Crippen LogP contribution in [0.5, 0.6) is 0 Å². The van der Waals surface area contributed by atoms with Crippen LogP contribution in [0.25, 0.3) is 0 Å². The number of ether oxygens (including phenoxy) is 1. The maximum absolute atomic E-state index is 12.0. The summed E-state index contributed by atoms with van der Waals surface area (Å²) in [6.07, 6.45) is 1.63. The van der Waals surface area contributed by atoms with Gasteiger partial charge in [-0.05, 0) is 18.4 Å². The van der Waals surface area contributed by atoms with Crippen LogP contribution in [0.4, 0.5) is 0 Å². The molecule has 0 amide bonds. The van der Waals surface area contributed by atoms with Crippen LogP contribution in [0.15, 0.2) is 24.3 Å². The van der Waals surface area contributed by atoms with Crippen molar-refractivity contribution in [2.24, 2.45) is 5.92 Å². The van der Waals surface area contributed by atoms with Crippen LogP contribution in [0.1, 0.15) is 22.3 Å². The molecule has 2 rings (SSSR count). The summed E-state index contributed by atoms with van der Waals surface area (Å²) in [5.74, 6) is -1.57. The molecule has 1 aromatic rings. The quantitative estimate of drug-likeness (QED) is 0.342. The Kier molecular flexibility index (Phi) is 5.72. The van der Waals surface area contributed by atoms with Crippen molar-refractivity contribution in [3.8, 4) is 0 Å². The Morgan fingerprint density at radius 2 is 2.11 bits per heavy atom. The number of esters is 1. The first-order valence-corrected chi connectivity index (χ1v) is 5.46. The Morgan fingerprint density at radius 1 is 1.39 bits per heavy atom. The number of hydrogen-bond acceptors (Lipinski definition) is 4. The van der Waals surface area contributed by atoms with Crippen molar-refractivity contribution in [1.82, 2.24) is 0 Å². The molecule has 0 saturated heterocycles. The molecule has 1 unspecified atom stereocenters. The molecular weight excluding hydrogens is 243 g/mol. The van der Waals surface area contributed by atoms with E-state index in [1.165, 1.54) is 0 Å². The molecule has 0 bridgehead atoms. The predicted octanol–water partition coefficient (Wildman–Crippen LogP) is 0.525. The third kappa shape index (κ3) is 3.07. The summed E-state index contributed by atoms with van der Waals surface area (Å²) in [6.45, 7) is -0.287. The zero-order valence-electron chi connectivity index (χ0n) is 9.22. The van der Waals surface area contributed by atoms with Gasteiger partial charge in [0, 0.05) is 5.56 Å². The van der Waals surface area contributed by atoms with Gasteiger partial charge in [0.2, 0.25) is 0 Å². The first-order valence-electron chi connectivity index (χ1n) is 5.46. The van der Waals surface area contributed by atoms with Crippen LogP contribution >= 0.6 is 0 Å². The molecule has 0 saturated carbocycles. The summed E-state index contributed by atoms with van der Waals surface area (Å²) in [6, 6.07) is 7.25. The van der Waals surface area contributed by atoms with Gasteiger partial charge in [-0.2, -0.15) is 0 Å². The van der Waals surface area contributed by atoms with E-state index >= 15 is 0 Å². The molecule has 0 heterocycles. The van der Waals surface area contributed by atoms with E-state index in [2.05, 4.69) is 4.74 Å². The number of fused-ring (bicyclic) bond motifs is 1. The normalized spacial score (nSPS) is 17.3. The number of hydrogen-bond donors (Lipinski definition) is 0. The molecule has 90 valence electrons. The van der Waals surface area contributed by atoms with Crippen molar-refractivity contribution in [2.75, 3.05) is 6.61 Å². The summed E-state index contributed by atoms with van der Waals surface area (Å²) in [5, 5.41) is 0. The summed E-state index contributed by atoms with van der Waals surface area (Å²) < 4.78 is 4.69. The molecule has 1 aliphatic rings. The van der Waals surface area contributed by atoms with E-state index in [9.17, 15) is 14.4 Å². The van der Waals surface area contributed by atoms with Gasteiger partial charge in [-0.25, -0.2) is 0 Å². The summed E-state index contributed by atoms with van der Waals surface area (Å²) >= 11 is 0. The number of carbonyl (C=O) groups is 3. The fourth-order valence-electron chi connectivity index (χ4n) is 2.04. The fourth-order valence-corrected chi connectivity index (χ4v) is 2.04. The van der Waals surface area contributed by atoms with Crippen LogP contribution in [-0.2, 0) is 20.7 Å². The Bertz CT molecular complexity index is 470. The molecular formula is C13H13NaO4. The van der Waals surface area contributed by atoms with Crippen LogP contribution in [0.2, 0.25) is 0 Å². The number of Topliss-reactive ketones (excluding diaryl/α,β-unsaturated/α-hetero) is 1. The number of carbonyl (C=O) groups excluding carboxylic acids is 3. The SMILES string of the molecule is O=CCOC(=O)C1CCc2ccccc2C1=O.[NaH]. The van der Waals surface area contributed by atoms with E-state index < -0.39 is 11.9 Å². The number of aldehydes is 1. The standard InChI is InChI=1S/C13H12O4.Na.H/c14-7-8-17-13(16)11-6-5-9-3-1-2-4-10(9)12(11)15;;/h1-4,7,11H,5-6,8H2;;. The number of benzene rings is 1. The molecule has 0 radical (unpaired) electrons. The van der Waals surface area contributed by atoms with Crippen molar-refractivity contribution in [1.29, 1.82) is 0 Å². The topological polar surface area (TPSA) is 60.4 Å². The van der Waals surface area contributed by atoms with Gasteiger partial charge in [0.25, 0.3) is 0 Å². The van der Waals surface area contributed by atoms with Crippen molar-refractivity contribution in [3.63, 3.8) is 0 Å².